The molecule has 0 aromatic carbocycles. The van der Waals surface area contributed by atoms with Gasteiger partial charge in [0.15, 0.2) is 0 Å². The lowest BCUT2D eigenvalue weighted by molar-refractivity contribution is 0.221. The maximum Gasteiger partial charge on any atom is 0.0600 e. The molecule has 11 heavy (non-hydrogen) atoms. The van der Waals surface area contributed by atoms with E-state index < -0.39 is 0 Å². The van der Waals surface area contributed by atoms with Gasteiger partial charge in [0.05, 0.1) is 6.17 Å². The van der Waals surface area contributed by atoms with Crippen molar-refractivity contribution in [1.82, 2.24) is 10.6 Å². The van der Waals surface area contributed by atoms with Crippen LogP contribution in [0.3, 0.4) is 0 Å². The van der Waals surface area contributed by atoms with Crippen LogP contribution < -0.4 is 10.6 Å². The average Bonchev–Trinajstić information content (AvgIpc) is 1.98. The summed E-state index contributed by atoms with van der Waals surface area (Å²) in [6, 6.07) is 0.690. The highest BCUT2D eigenvalue weighted by molar-refractivity contribution is 4.80. The van der Waals surface area contributed by atoms with Gasteiger partial charge in [0.1, 0.15) is 0 Å². The number of nitrogens with one attached hydrogen (secondary N) is 2. The van der Waals surface area contributed by atoms with E-state index in [9.17, 15) is 0 Å². The van der Waals surface area contributed by atoms with E-state index in [-0.39, 0.29) is 0 Å². The molecule has 1 fully saturated rings. The molecule has 3 atom stereocenters. The first-order valence-corrected chi connectivity index (χ1v) is 4.73. The summed E-state index contributed by atoms with van der Waals surface area (Å²) in [5.74, 6) is 0.783. The topological polar surface area (TPSA) is 24.1 Å². The molecule has 0 amide bonds. The highest BCUT2D eigenvalue weighted by Gasteiger charge is 2.23. The van der Waals surface area contributed by atoms with Gasteiger partial charge >= 0.3 is 0 Å². The Kier molecular flexibility index (Phi) is 3.34. The van der Waals surface area contributed by atoms with Crippen LogP contribution in [0.4, 0.5) is 0 Å². The molecule has 0 saturated carbocycles. The Morgan fingerprint density at radius 3 is 2.73 bits per heavy atom. The predicted molar refractivity (Wildman–Crippen MR) is 48.5 cm³/mol. The molecule has 2 nitrogen and oxygen atoms in total. The van der Waals surface area contributed by atoms with Crippen LogP contribution in [-0.2, 0) is 0 Å². The van der Waals surface area contributed by atoms with E-state index in [2.05, 4.69) is 31.4 Å². The fraction of sp³-hybridized carbons (Fsp3) is 1.00. The summed E-state index contributed by atoms with van der Waals surface area (Å²) in [7, 11) is 0. The van der Waals surface area contributed by atoms with Gasteiger partial charge in [0.25, 0.3) is 0 Å². The van der Waals surface area contributed by atoms with E-state index in [0.717, 1.165) is 12.5 Å². The van der Waals surface area contributed by atoms with Gasteiger partial charge < -0.3 is 5.32 Å². The number of piperidine rings is 1. The molecule has 1 aliphatic rings. The summed E-state index contributed by atoms with van der Waals surface area (Å²) in [6.07, 6.45) is 3.22. The molecule has 0 spiro atoms. The first-order valence-electron chi connectivity index (χ1n) is 4.73. The molecule has 0 bridgehead atoms. The molecule has 1 heterocycles. The zero-order valence-corrected chi connectivity index (χ0v) is 7.85. The van der Waals surface area contributed by atoms with Gasteiger partial charge in [-0.2, -0.15) is 0 Å². The van der Waals surface area contributed by atoms with Crippen molar-refractivity contribution in [2.24, 2.45) is 5.92 Å². The second kappa shape index (κ2) is 4.07. The monoisotopic (exact) mass is 156 g/mol. The Balaban J connectivity index is 2.34. The van der Waals surface area contributed by atoms with Gasteiger partial charge in [-0.25, -0.2) is 0 Å². The summed E-state index contributed by atoms with van der Waals surface area (Å²) in [4.78, 5) is 0. The Bertz CT molecular complexity index is 114. The third kappa shape index (κ3) is 2.46. The van der Waals surface area contributed by atoms with Crippen molar-refractivity contribution in [3.8, 4) is 0 Å². The lowest BCUT2D eigenvalue weighted by atomic mass is 9.94. The molecule has 0 aliphatic carbocycles. The molecule has 1 aliphatic heterocycles. The second-order valence-electron chi connectivity index (χ2n) is 3.66. The van der Waals surface area contributed by atoms with Gasteiger partial charge in [-0.1, -0.05) is 13.8 Å². The molecule has 0 aromatic heterocycles. The lowest BCUT2D eigenvalue weighted by Gasteiger charge is -2.34. The van der Waals surface area contributed by atoms with Crippen molar-refractivity contribution in [3.63, 3.8) is 0 Å². The van der Waals surface area contributed by atoms with Crippen LogP contribution in [-0.4, -0.2) is 18.8 Å². The summed E-state index contributed by atoms with van der Waals surface area (Å²) in [6.45, 7) is 7.80. The second-order valence-corrected chi connectivity index (χ2v) is 3.66. The fourth-order valence-electron chi connectivity index (χ4n) is 1.71. The Hall–Kier alpha value is -0.0800. The molecule has 3 unspecified atom stereocenters. The van der Waals surface area contributed by atoms with E-state index in [4.69, 9.17) is 0 Å². The largest absolute Gasteiger partial charge is 0.302 e. The van der Waals surface area contributed by atoms with E-state index in [1.807, 2.05) is 0 Å². The summed E-state index contributed by atoms with van der Waals surface area (Å²) in [5, 5.41) is 7.01. The van der Waals surface area contributed by atoms with Crippen LogP contribution in [0.5, 0.6) is 0 Å². The normalized spacial score (nSPS) is 39.0. The highest BCUT2D eigenvalue weighted by atomic mass is 15.1. The molecule has 2 heteroatoms. The van der Waals surface area contributed by atoms with Crippen molar-refractivity contribution in [2.45, 2.75) is 45.8 Å². The van der Waals surface area contributed by atoms with Crippen LogP contribution in [0.25, 0.3) is 0 Å². The summed E-state index contributed by atoms with van der Waals surface area (Å²) in [5.41, 5.74) is 0. The minimum absolute atomic E-state index is 0.545. The summed E-state index contributed by atoms with van der Waals surface area (Å²) < 4.78 is 0. The maximum absolute atomic E-state index is 3.56. The van der Waals surface area contributed by atoms with E-state index in [0.29, 0.717) is 12.2 Å². The maximum atomic E-state index is 3.56. The van der Waals surface area contributed by atoms with Crippen molar-refractivity contribution < 1.29 is 0 Å². The minimum Gasteiger partial charge on any atom is -0.302 e. The van der Waals surface area contributed by atoms with E-state index >= 15 is 0 Å². The van der Waals surface area contributed by atoms with Gasteiger partial charge in [0, 0.05) is 6.04 Å². The Morgan fingerprint density at radius 1 is 1.36 bits per heavy atom. The van der Waals surface area contributed by atoms with Crippen LogP contribution in [0.2, 0.25) is 0 Å². The predicted octanol–water partition coefficient (Wildman–Crippen LogP) is 1.33. The molecular formula is C9H20N2. The minimum atomic E-state index is 0.545. The van der Waals surface area contributed by atoms with Crippen molar-refractivity contribution in [2.75, 3.05) is 6.54 Å². The van der Waals surface area contributed by atoms with Crippen molar-refractivity contribution in [1.29, 1.82) is 0 Å². The van der Waals surface area contributed by atoms with Crippen molar-refractivity contribution >= 4 is 0 Å². The van der Waals surface area contributed by atoms with E-state index in [1.165, 1.54) is 12.8 Å². The van der Waals surface area contributed by atoms with Gasteiger partial charge in [-0.15, -0.1) is 0 Å². The van der Waals surface area contributed by atoms with Crippen LogP contribution in [0.1, 0.15) is 33.6 Å². The van der Waals surface area contributed by atoms with Gasteiger partial charge in [0.2, 0.25) is 0 Å². The third-order valence-corrected chi connectivity index (χ3v) is 2.51. The molecular weight excluding hydrogens is 136 g/mol. The fourth-order valence-corrected chi connectivity index (χ4v) is 1.71. The standard InChI is InChI=1S/C9H20N2/c1-4-10-9-7(2)5-6-8(3)11-9/h7-11H,4-6H2,1-3H3. The Morgan fingerprint density at radius 2 is 2.09 bits per heavy atom. The molecule has 0 aromatic rings. The quantitative estimate of drug-likeness (QED) is 0.630. The van der Waals surface area contributed by atoms with Crippen molar-refractivity contribution in [3.05, 3.63) is 0 Å². The Labute approximate surface area is 69.8 Å². The number of hydrogen-bond donors (Lipinski definition) is 2. The van der Waals surface area contributed by atoms with Crippen LogP contribution in [0, 0.1) is 5.92 Å². The molecule has 1 rings (SSSR count). The zero-order chi connectivity index (χ0) is 8.27. The average molecular weight is 156 g/mol. The molecule has 0 radical (unpaired) electrons. The SMILES string of the molecule is CCNC1NC(C)CCC1C. The molecule has 1 saturated heterocycles. The van der Waals surface area contributed by atoms with Crippen LogP contribution in [0.15, 0.2) is 0 Å². The first kappa shape index (κ1) is 9.01. The molecule has 66 valence electrons. The molecule has 2 N–H and O–H groups in total. The number of rotatable bonds is 2. The third-order valence-electron chi connectivity index (χ3n) is 2.51. The van der Waals surface area contributed by atoms with E-state index in [1.54, 1.807) is 0 Å². The smallest absolute Gasteiger partial charge is 0.0600 e. The number of hydrogen-bond acceptors (Lipinski definition) is 2. The summed E-state index contributed by atoms with van der Waals surface area (Å²) >= 11 is 0. The van der Waals surface area contributed by atoms with Crippen LogP contribution >= 0.6 is 0 Å². The van der Waals surface area contributed by atoms with Gasteiger partial charge in [-0.05, 0) is 32.2 Å². The first-order chi connectivity index (χ1) is 5.24. The zero-order valence-electron chi connectivity index (χ0n) is 7.85. The van der Waals surface area contributed by atoms with Gasteiger partial charge in [-0.3, -0.25) is 5.32 Å². The lowest BCUT2D eigenvalue weighted by Crippen LogP contribution is -2.53. The highest BCUT2D eigenvalue weighted by Crippen LogP contribution is 2.17.